The average molecular weight is 477 g/mol. The van der Waals surface area contributed by atoms with Crippen LogP contribution < -0.4 is 19.9 Å². The van der Waals surface area contributed by atoms with Crippen molar-refractivity contribution in [2.75, 3.05) is 26.4 Å². The molecule has 2 aromatic rings. The average Bonchev–Trinajstić information content (AvgIpc) is 3.02. The zero-order chi connectivity index (χ0) is 23.1. The molecule has 0 aliphatic carbocycles. The maximum absolute atomic E-state index is 12.7. The second-order valence-corrected chi connectivity index (χ2v) is 7.96. The van der Waals surface area contributed by atoms with E-state index in [4.69, 9.17) is 31.5 Å². The summed E-state index contributed by atoms with van der Waals surface area (Å²) in [4.78, 5) is 37.4. The van der Waals surface area contributed by atoms with Crippen molar-refractivity contribution in [3.8, 4) is 17.2 Å². The Morgan fingerprint density at radius 3 is 2.53 bits per heavy atom. The van der Waals surface area contributed by atoms with Gasteiger partial charge in [0.15, 0.2) is 18.1 Å². The minimum absolute atomic E-state index is 0.120. The highest BCUT2D eigenvalue weighted by atomic mass is 35.5. The first kappa shape index (κ1) is 23.5. The molecule has 0 saturated carbocycles. The maximum Gasteiger partial charge on any atom is 0.293 e. The minimum atomic E-state index is -0.606. The van der Waals surface area contributed by atoms with Gasteiger partial charge in [-0.1, -0.05) is 17.7 Å². The fourth-order valence-corrected chi connectivity index (χ4v) is 3.77. The molecule has 2 N–H and O–H groups in total. The zero-order valence-corrected chi connectivity index (χ0v) is 18.8. The van der Waals surface area contributed by atoms with Crippen LogP contribution in [0.1, 0.15) is 12.5 Å². The Morgan fingerprint density at radius 2 is 1.84 bits per heavy atom. The van der Waals surface area contributed by atoms with Crippen LogP contribution in [-0.4, -0.2) is 48.3 Å². The number of amides is 3. The number of nitrogens with two attached hydrogens (primary N) is 1. The van der Waals surface area contributed by atoms with Crippen molar-refractivity contribution in [1.82, 2.24) is 4.90 Å². The summed E-state index contributed by atoms with van der Waals surface area (Å²) in [5.74, 6) is 0.351. The standard InChI is InChI=1S/C22H21ClN2O6S/c1-2-29-18-11-14(3-8-17(18)31-13-20(24)26)12-19-21(27)25(22(28)32-19)9-10-30-16-6-4-15(23)5-7-16/h3-8,11-12H,2,9-10,13H2,1H3,(H2,24,26)/b19-12-. The van der Waals surface area contributed by atoms with Gasteiger partial charge >= 0.3 is 0 Å². The lowest BCUT2D eigenvalue weighted by molar-refractivity contribution is -0.123. The van der Waals surface area contributed by atoms with Crippen LogP contribution in [0.15, 0.2) is 47.4 Å². The van der Waals surface area contributed by atoms with Gasteiger partial charge in [0, 0.05) is 5.02 Å². The third-order valence-electron chi connectivity index (χ3n) is 4.21. The fourth-order valence-electron chi connectivity index (χ4n) is 2.78. The molecule has 0 radical (unpaired) electrons. The molecule has 0 atom stereocenters. The van der Waals surface area contributed by atoms with Crippen molar-refractivity contribution in [2.24, 2.45) is 5.73 Å². The highest BCUT2D eigenvalue weighted by Crippen LogP contribution is 2.34. The van der Waals surface area contributed by atoms with Crippen molar-refractivity contribution in [2.45, 2.75) is 6.92 Å². The molecule has 0 spiro atoms. The van der Waals surface area contributed by atoms with E-state index < -0.39 is 11.8 Å². The van der Waals surface area contributed by atoms with E-state index in [2.05, 4.69) is 0 Å². The van der Waals surface area contributed by atoms with Crippen LogP contribution in [0, 0.1) is 0 Å². The van der Waals surface area contributed by atoms with Crippen LogP contribution in [-0.2, 0) is 9.59 Å². The van der Waals surface area contributed by atoms with Gasteiger partial charge < -0.3 is 19.9 Å². The number of ether oxygens (including phenoxy) is 3. The normalized spacial score (nSPS) is 14.7. The lowest BCUT2D eigenvalue weighted by Gasteiger charge is -2.13. The van der Waals surface area contributed by atoms with E-state index in [1.165, 1.54) is 0 Å². The van der Waals surface area contributed by atoms with E-state index in [-0.39, 0.29) is 29.9 Å². The van der Waals surface area contributed by atoms with E-state index >= 15 is 0 Å². The van der Waals surface area contributed by atoms with Gasteiger partial charge in [-0.25, -0.2) is 0 Å². The van der Waals surface area contributed by atoms with Gasteiger partial charge in [0.2, 0.25) is 0 Å². The van der Waals surface area contributed by atoms with Crippen molar-refractivity contribution >= 4 is 46.5 Å². The molecule has 3 rings (SSSR count). The van der Waals surface area contributed by atoms with Crippen LogP contribution >= 0.6 is 23.4 Å². The first-order valence-corrected chi connectivity index (χ1v) is 10.9. The van der Waals surface area contributed by atoms with Crippen LogP contribution in [0.2, 0.25) is 5.02 Å². The second kappa shape index (κ2) is 10.9. The van der Waals surface area contributed by atoms with Gasteiger partial charge in [-0.05, 0) is 66.7 Å². The van der Waals surface area contributed by atoms with Gasteiger partial charge in [-0.3, -0.25) is 19.3 Å². The Labute approximate surface area is 194 Å². The van der Waals surface area contributed by atoms with E-state index in [0.29, 0.717) is 34.4 Å². The van der Waals surface area contributed by atoms with E-state index in [1.54, 1.807) is 48.5 Å². The summed E-state index contributed by atoms with van der Waals surface area (Å²) in [6, 6.07) is 11.8. The number of rotatable bonds is 10. The summed E-state index contributed by atoms with van der Waals surface area (Å²) in [5.41, 5.74) is 5.75. The Kier molecular flexibility index (Phi) is 8.02. The van der Waals surface area contributed by atoms with Crippen LogP contribution in [0.5, 0.6) is 17.2 Å². The third kappa shape index (κ3) is 6.18. The van der Waals surface area contributed by atoms with E-state index in [9.17, 15) is 14.4 Å². The monoisotopic (exact) mass is 476 g/mol. The largest absolute Gasteiger partial charge is 0.492 e. The first-order chi connectivity index (χ1) is 15.4. The van der Waals surface area contributed by atoms with Gasteiger partial charge in [-0.2, -0.15) is 0 Å². The molecular formula is C22H21ClN2O6S. The number of carbonyl (C=O) groups is 3. The van der Waals surface area contributed by atoms with Crippen LogP contribution in [0.25, 0.3) is 6.08 Å². The molecule has 0 aromatic heterocycles. The van der Waals surface area contributed by atoms with Gasteiger partial charge in [0.25, 0.3) is 17.1 Å². The molecular weight excluding hydrogens is 456 g/mol. The molecule has 3 amide bonds. The summed E-state index contributed by atoms with van der Waals surface area (Å²) >= 11 is 6.69. The van der Waals surface area contributed by atoms with Crippen molar-refractivity contribution in [3.05, 3.63) is 58.0 Å². The van der Waals surface area contributed by atoms with Crippen molar-refractivity contribution in [1.29, 1.82) is 0 Å². The molecule has 1 fully saturated rings. The van der Waals surface area contributed by atoms with Crippen LogP contribution in [0.4, 0.5) is 4.79 Å². The summed E-state index contributed by atoms with van der Waals surface area (Å²) < 4.78 is 16.5. The molecule has 0 bridgehead atoms. The Hall–Kier alpha value is -3.17. The number of thioether (sulfide) groups is 1. The lowest BCUT2D eigenvalue weighted by Crippen LogP contribution is -2.32. The third-order valence-corrected chi connectivity index (χ3v) is 5.37. The van der Waals surface area contributed by atoms with E-state index in [1.807, 2.05) is 6.92 Å². The summed E-state index contributed by atoms with van der Waals surface area (Å²) in [6.07, 6.45) is 1.60. The SMILES string of the molecule is CCOc1cc(/C=C2\SC(=O)N(CCOc3ccc(Cl)cc3)C2=O)ccc1OCC(N)=O. The van der Waals surface area contributed by atoms with Crippen molar-refractivity contribution in [3.63, 3.8) is 0 Å². The van der Waals surface area contributed by atoms with Gasteiger partial charge in [0.05, 0.1) is 18.1 Å². The van der Waals surface area contributed by atoms with Crippen molar-refractivity contribution < 1.29 is 28.6 Å². The number of hydrogen-bond donors (Lipinski definition) is 1. The molecule has 1 heterocycles. The number of benzene rings is 2. The quantitative estimate of drug-likeness (QED) is 0.520. The molecule has 168 valence electrons. The highest BCUT2D eigenvalue weighted by molar-refractivity contribution is 8.18. The topological polar surface area (TPSA) is 108 Å². The Morgan fingerprint density at radius 1 is 1.09 bits per heavy atom. The summed E-state index contributed by atoms with van der Waals surface area (Å²) in [7, 11) is 0. The molecule has 8 nitrogen and oxygen atoms in total. The number of nitrogens with zero attached hydrogens (tertiary/aromatic N) is 1. The summed E-state index contributed by atoms with van der Waals surface area (Å²) in [5, 5.41) is 0.223. The molecule has 0 unspecified atom stereocenters. The van der Waals surface area contributed by atoms with Gasteiger partial charge in [-0.15, -0.1) is 0 Å². The molecule has 2 aromatic carbocycles. The molecule has 32 heavy (non-hydrogen) atoms. The molecule has 1 aliphatic heterocycles. The number of carbonyl (C=O) groups excluding carboxylic acids is 3. The zero-order valence-electron chi connectivity index (χ0n) is 17.2. The van der Waals surface area contributed by atoms with E-state index in [0.717, 1.165) is 16.7 Å². The maximum atomic E-state index is 12.7. The molecule has 1 saturated heterocycles. The first-order valence-electron chi connectivity index (χ1n) is 9.69. The lowest BCUT2D eigenvalue weighted by atomic mass is 10.2. The van der Waals surface area contributed by atoms with Crippen LogP contribution in [0.3, 0.4) is 0 Å². The molecule has 1 aliphatic rings. The predicted octanol–water partition coefficient (Wildman–Crippen LogP) is 3.72. The number of primary amides is 1. The smallest absolute Gasteiger partial charge is 0.293 e. The summed E-state index contributed by atoms with van der Waals surface area (Å²) in [6.45, 7) is 2.18. The number of imide groups is 1. The predicted molar refractivity (Wildman–Crippen MR) is 122 cm³/mol. The Balaban J connectivity index is 1.67. The van der Waals surface area contributed by atoms with Gasteiger partial charge in [0.1, 0.15) is 12.4 Å². The highest BCUT2D eigenvalue weighted by Gasteiger charge is 2.34. The Bertz CT molecular complexity index is 1040. The second-order valence-electron chi connectivity index (χ2n) is 6.53. The fraction of sp³-hybridized carbons (Fsp3) is 0.227. The number of hydrogen-bond acceptors (Lipinski definition) is 7. The molecule has 10 heteroatoms. The minimum Gasteiger partial charge on any atom is -0.492 e. The number of halogens is 1.